The van der Waals surface area contributed by atoms with Crippen molar-refractivity contribution in [3.63, 3.8) is 0 Å². The first-order chi connectivity index (χ1) is 7.78. The molecule has 7 nitrogen and oxygen atoms in total. The van der Waals surface area contributed by atoms with Crippen LogP contribution in [-0.4, -0.2) is 35.2 Å². The fourth-order valence-electron chi connectivity index (χ4n) is 0.988. The number of halogens is 1. The molecule has 0 aromatic carbocycles. The van der Waals surface area contributed by atoms with E-state index in [0.717, 1.165) is 0 Å². The molecule has 0 unspecified atom stereocenters. The smallest absolute Gasteiger partial charge is 0.304 e. The summed E-state index contributed by atoms with van der Waals surface area (Å²) in [5, 5.41) is 8.49. The number of hydrogen-bond donors (Lipinski definition) is 2. The third-order valence-corrected chi connectivity index (χ3v) is 3.08. The molecule has 17 heavy (non-hydrogen) atoms. The molecule has 0 saturated heterocycles. The monoisotopic (exact) mass is 279 g/mol. The summed E-state index contributed by atoms with van der Waals surface area (Å²) >= 11 is 5.63. The number of nitrogens with one attached hydrogen (secondary N) is 1. The maximum absolute atomic E-state index is 11.4. The first-order valence-corrected chi connectivity index (χ1v) is 6.55. The standard InChI is InChI=1S/C8H10ClN3O4S/c1-5-4-6(9)11-8(10-5)12-17(15,16)3-2-7(13)14/h4H,2-3H2,1H3,(H,13,14)(H,10,11,12). The lowest BCUT2D eigenvalue weighted by Crippen LogP contribution is -2.20. The molecule has 1 aromatic heterocycles. The van der Waals surface area contributed by atoms with Gasteiger partial charge in [0, 0.05) is 5.69 Å². The number of carbonyl (C=O) groups is 1. The zero-order valence-electron chi connectivity index (χ0n) is 8.84. The van der Waals surface area contributed by atoms with Crippen molar-refractivity contribution in [1.82, 2.24) is 9.97 Å². The summed E-state index contributed by atoms with van der Waals surface area (Å²) in [4.78, 5) is 17.7. The molecule has 1 rings (SSSR count). The molecule has 1 aromatic rings. The number of carboxylic acids is 1. The minimum atomic E-state index is -3.78. The van der Waals surface area contributed by atoms with Crippen LogP contribution >= 0.6 is 11.6 Å². The lowest BCUT2D eigenvalue weighted by molar-refractivity contribution is -0.136. The van der Waals surface area contributed by atoms with Crippen molar-refractivity contribution in [2.75, 3.05) is 10.5 Å². The first kappa shape index (κ1) is 13.7. The maximum atomic E-state index is 11.4. The Morgan fingerprint density at radius 3 is 2.71 bits per heavy atom. The zero-order valence-corrected chi connectivity index (χ0v) is 10.4. The van der Waals surface area contributed by atoms with E-state index in [9.17, 15) is 13.2 Å². The highest BCUT2D eigenvalue weighted by molar-refractivity contribution is 7.92. The summed E-state index contributed by atoms with van der Waals surface area (Å²) in [5.74, 6) is -1.91. The van der Waals surface area contributed by atoms with Gasteiger partial charge in [-0.1, -0.05) is 11.6 Å². The Balaban J connectivity index is 2.79. The summed E-state index contributed by atoms with van der Waals surface area (Å²) in [6, 6.07) is 1.47. The van der Waals surface area contributed by atoms with Crippen LogP contribution in [0.1, 0.15) is 12.1 Å². The Morgan fingerprint density at radius 2 is 2.18 bits per heavy atom. The van der Waals surface area contributed by atoms with E-state index >= 15 is 0 Å². The summed E-state index contributed by atoms with van der Waals surface area (Å²) in [6.07, 6.45) is -0.491. The van der Waals surface area contributed by atoms with Crippen LogP contribution in [0.3, 0.4) is 0 Å². The van der Waals surface area contributed by atoms with Crippen LogP contribution in [0.25, 0.3) is 0 Å². The highest BCUT2D eigenvalue weighted by Crippen LogP contribution is 2.11. The number of anilines is 1. The van der Waals surface area contributed by atoms with Gasteiger partial charge in [0.1, 0.15) is 5.15 Å². The Hall–Kier alpha value is -1.41. The van der Waals surface area contributed by atoms with Crippen molar-refractivity contribution < 1.29 is 18.3 Å². The van der Waals surface area contributed by atoms with E-state index in [4.69, 9.17) is 16.7 Å². The number of rotatable bonds is 5. The Morgan fingerprint density at radius 1 is 1.53 bits per heavy atom. The molecule has 0 aliphatic rings. The lowest BCUT2D eigenvalue weighted by atomic mass is 10.5. The number of aryl methyl sites for hydroxylation is 1. The third kappa shape index (κ3) is 4.96. The predicted molar refractivity (Wildman–Crippen MR) is 61.4 cm³/mol. The van der Waals surface area contributed by atoms with E-state index in [2.05, 4.69) is 14.7 Å². The molecule has 0 atom stereocenters. The van der Waals surface area contributed by atoms with E-state index in [1.165, 1.54) is 6.07 Å². The van der Waals surface area contributed by atoms with Gasteiger partial charge in [0.05, 0.1) is 12.2 Å². The van der Waals surface area contributed by atoms with E-state index in [1.54, 1.807) is 6.92 Å². The van der Waals surface area contributed by atoms with E-state index < -0.39 is 28.2 Å². The van der Waals surface area contributed by atoms with Crippen LogP contribution in [-0.2, 0) is 14.8 Å². The third-order valence-electron chi connectivity index (χ3n) is 1.65. The van der Waals surface area contributed by atoms with Gasteiger partial charge in [-0.05, 0) is 13.0 Å². The molecule has 0 aliphatic heterocycles. The number of nitrogens with zero attached hydrogens (tertiary/aromatic N) is 2. The number of aromatic nitrogens is 2. The van der Waals surface area contributed by atoms with Gasteiger partial charge in [-0.2, -0.15) is 0 Å². The summed E-state index contributed by atoms with van der Waals surface area (Å²) in [7, 11) is -3.78. The molecule has 0 saturated carbocycles. The van der Waals surface area contributed by atoms with E-state index in [-0.39, 0.29) is 11.1 Å². The highest BCUT2D eigenvalue weighted by atomic mass is 35.5. The number of carboxylic acid groups (broad SMARTS) is 1. The van der Waals surface area contributed by atoms with Gasteiger partial charge < -0.3 is 5.11 Å². The molecule has 1 heterocycles. The molecule has 0 amide bonds. The van der Waals surface area contributed by atoms with Crippen LogP contribution in [0.2, 0.25) is 5.15 Å². The number of hydrogen-bond acceptors (Lipinski definition) is 5. The van der Waals surface area contributed by atoms with E-state index in [0.29, 0.717) is 5.69 Å². The van der Waals surface area contributed by atoms with Gasteiger partial charge >= 0.3 is 5.97 Å². The second-order valence-corrected chi connectivity index (χ2v) is 5.45. The predicted octanol–water partition coefficient (Wildman–Crippen LogP) is 0.655. The van der Waals surface area contributed by atoms with Crippen molar-refractivity contribution in [2.24, 2.45) is 0 Å². The molecule has 0 aliphatic carbocycles. The summed E-state index contributed by atoms with van der Waals surface area (Å²) < 4.78 is 24.9. The molecule has 0 radical (unpaired) electrons. The van der Waals surface area contributed by atoms with Crippen LogP contribution in [0.5, 0.6) is 0 Å². The van der Waals surface area contributed by atoms with Crippen molar-refractivity contribution in [2.45, 2.75) is 13.3 Å². The normalized spacial score (nSPS) is 11.2. The van der Waals surface area contributed by atoms with Crippen LogP contribution in [0.15, 0.2) is 6.07 Å². The minimum Gasteiger partial charge on any atom is -0.481 e. The molecular formula is C8H10ClN3O4S. The Labute approximate surface area is 103 Å². The fraction of sp³-hybridized carbons (Fsp3) is 0.375. The summed E-state index contributed by atoms with van der Waals surface area (Å²) in [5.41, 5.74) is 0.501. The molecule has 9 heteroatoms. The Bertz CT molecular complexity index is 511. The van der Waals surface area contributed by atoms with Gasteiger partial charge in [-0.3, -0.25) is 9.52 Å². The quantitative estimate of drug-likeness (QED) is 0.766. The van der Waals surface area contributed by atoms with Gasteiger partial charge in [0.25, 0.3) is 0 Å². The summed E-state index contributed by atoms with van der Waals surface area (Å²) in [6.45, 7) is 1.63. The van der Waals surface area contributed by atoms with Crippen molar-refractivity contribution in [1.29, 1.82) is 0 Å². The molecule has 0 bridgehead atoms. The minimum absolute atomic E-state index is 0.105. The van der Waals surface area contributed by atoms with Gasteiger partial charge in [0.2, 0.25) is 16.0 Å². The fourth-order valence-corrected chi connectivity index (χ4v) is 2.14. The van der Waals surface area contributed by atoms with Crippen LogP contribution in [0, 0.1) is 6.92 Å². The van der Waals surface area contributed by atoms with Crippen molar-refractivity contribution in [3.05, 3.63) is 16.9 Å². The molecule has 94 valence electrons. The average molecular weight is 280 g/mol. The maximum Gasteiger partial charge on any atom is 0.304 e. The SMILES string of the molecule is Cc1cc(Cl)nc(NS(=O)(=O)CCC(=O)O)n1. The number of aliphatic carboxylic acids is 1. The molecule has 0 fully saturated rings. The second-order valence-electron chi connectivity index (χ2n) is 3.22. The second kappa shape index (κ2) is 5.28. The van der Waals surface area contributed by atoms with Crippen LogP contribution < -0.4 is 4.72 Å². The lowest BCUT2D eigenvalue weighted by Gasteiger charge is -2.06. The molecule has 2 N–H and O–H groups in total. The molecular weight excluding hydrogens is 270 g/mol. The highest BCUT2D eigenvalue weighted by Gasteiger charge is 2.14. The molecule has 0 spiro atoms. The van der Waals surface area contributed by atoms with Crippen molar-refractivity contribution >= 4 is 33.5 Å². The first-order valence-electron chi connectivity index (χ1n) is 4.52. The zero-order chi connectivity index (χ0) is 13.1. The van der Waals surface area contributed by atoms with Crippen molar-refractivity contribution in [3.8, 4) is 0 Å². The largest absolute Gasteiger partial charge is 0.481 e. The van der Waals surface area contributed by atoms with Gasteiger partial charge in [-0.15, -0.1) is 0 Å². The topological polar surface area (TPSA) is 109 Å². The Kier molecular flexibility index (Phi) is 4.24. The van der Waals surface area contributed by atoms with Crippen LogP contribution in [0.4, 0.5) is 5.95 Å². The number of sulfonamides is 1. The average Bonchev–Trinajstić information content (AvgIpc) is 2.12. The van der Waals surface area contributed by atoms with Gasteiger partial charge in [-0.25, -0.2) is 18.4 Å². The van der Waals surface area contributed by atoms with E-state index in [1.807, 2.05) is 0 Å². The van der Waals surface area contributed by atoms with Gasteiger partial charge in [0.15, 0.2) is 0 Å².